The Balaban J connectivity index is 1.98. The van der Waals surface area contributed by atoms with E-state index < -0.39 is 17.4 Å². The van der Waals surface area contributed by atoms with E-state index in [1.165, 1.54) is 13.8 Å². The summed E-state index contributed by atoms with van der Waals surface area (Å²) >= 11 is 0. The molecule has 2 saturated heterocycles. The molecule has 0 unspecified atom stereocenters. The Kier molecular flexibility index (Phi) is 4.88. The highest BCUT2D eigenvalue weighted by molar-refractivity contribution is 6.06. The summed E-state index contributed by atoms with van der Waals surface area (Å²) in [6, 6.07) is -0.0592. The van der Waals surface area contributed by atoms with Crippen LogP contribution in [0.3, 0.4) is 0 Å². The molecule has 140 valence electrons. The van der Waals surface area contributed by atoms with Crippen LogP contribution in [0.2, 0.25) is 0 Å². The van der Waals surface area contributed by atoms with Crippen molar-refractivity contribution in [3.05, 3.63) is 35.5 Å². The minimum Gasteiger partial charge on any atom is -0.460 e. The van der Waals surface area contributed by atoms with Crippen LogP contribution in [0.15, 0.2) is 35.5 Å². The van der Waals surface area contributed by atoms with Gasteiger partial charge in [0.1, 0.15) is 18.1 Å². The third-order valence-electron chi connectivity index (χ3n) is 5.88. The number of cyclic esters (lactones) is 1. The quantitative estimate of drug-likeness (QED) is 0.308. The summed E-state index contributed by atoms with van der Waals surface area (Å²) in [5.74, 6) is -1.38. The van der Waals surface area contributed by atoms with E-state index in [1.54, 1.807) is 13.0 Å². The Hall–Kier alpha value is -2.21. The molecule has 3 aliphatic rings. The molecule has 3 rings (SSSR count). The number of carbonyl (C=O) groups is 3. The van der Waals surface area contributed by atoms with Crippen LogP contribution < -0.4 is 0 Å². The first kappa shape index (κ1) is 18.6. The maximum Gasteiger partial charge on any atom is 0.334 e. The fraction of sp³-hybridized carbons (Fsp3) is 0.550. The third-order valence-corrected chi connectivity index (χ3v) is 5.88. The van der Waals surface area contributed by atoms with Gasteiger partial charge in [0, 0.05) is 25.1 Å². The second-order valence-corrected chi connectivity index (χ2v) is 7.30. The average Bonchev–Trinajstić information content (AvgIpc) is 3.18. The molecule has 0 spiro atoms. The summed E-state index contributed by atoms with van der Waals surface area (Å²) in [6.07, 6.45) is 4.27. The molecule has 2 fully saturated rings. The lowest BCUT2D eigenvalue weighted by Crippen LogP contribution is -2.41. The van der Waals surface area contributed by atoms with Crippen molar-refractivity contribution >= 4 is 17.7 Å². The van der Waals surface area contributed by atoms with Crippen molar-refractivity contribution < 1.29 is 23.9 Å². The lowest BCUT2D eigenvalue weighted by atomic mass is 9.76. The van der Waals surface area contributed by atoms with Crippen molar-refractivity contribution in [3.63, 3.8) is 0 Å². The molecule has 3 aliphatic heterocycles. The van der Waals surface area contributed by atoms with Crippen LogP contribution in [-0.4, -0.2) is 54.5 Å². The van der Waals surface area contributed by atoms with Gasteiger partial charge in [0.05, 0.1) is 6.04 Å². The highest BCUT2D eigenvalue weighted by Crippen LogP contribution is 2.37. The van der Waals surface area contributed by atoms with E-state index in [9.17, 15) is 14.4 Å². The van der Waals surface area contributed by atoms with E-state index in [2.05, 4.69) is 11.5 Å². The van der Waals surface area contributed by atoms with Crippen LogP contribution in [-0.2, 0) is 23.9 Å². The molecule has 0 aliphatic carbocycles. The van der Waals surface area contributed by atoms with Crippen molar-refractivity contribution in [2.24, 2.45) is 5.41 Å². The molecular weight excluding hydrogens is 334 g/mol. The van der Waals surface area contributed by atoms with Gasteiger partial charge in [-0.25, -0.2) is 4.79 Å². The minimum absolute atomic E-state index is 0.0592. The Morgan fingerprint density at radius 1 is 1.42 bits per heavy atom. The predicted octanol–water partition coefficient (Wildman–Crippen LogP) is 1.96. The summed E-state index contributed by atoms with van der Waals surface area (Å²) in [5.41, 5.74) is 0.179. The van der Waals surface area contributed by atoms with Gasteiger partial charge in [-0.05, 0) is 38.3 Å². The van der Waals surface area contributed by atoms with Gasteiger partial charge in [0.15, 0.2) is 5.78 Å². The lowest BCUT2D eigenvalue weighted by molar-refractivity contribution is -0.156. The molecule has 6 heteroatoms. The molecule has 6 nitrogen and oxygen atoms in total. The number of ether oxygens (including phenoxy) is 2. The summed E-state index contributed by atoms with van der Waals surface area (Å²) in [6.45, 7) is 10.2. The first-order valence-electron chi connectivity index (χ1n) is 8.94. The molecule has 0 aromatic heterocycles. The van der Waals surface area contributed by atoms with E-state index in [0.29, 0.717) is 11.1 Å². The molecule has 3 atom stereocenters. The molecule has 0 radical (unpaired) electrons. The largest absolute Gasteiger partial charge is 0.460 e. The first-order chi connectivity index (χ1) is 12.3. The summed E-state index contributed by atoms with van der Waals surface area (Å²) in [7, 11) is 0. The Bertz CT molecular complexity index is 734. The van der Waals surface area contributed by atoms with Crippen LogP contribution in [0, 0.1) is 5.41 Å². The highest BCUT2D eigenvalue weighted by Gasteiger charge is 2.46. The van der Waals surface area contributed by atoms with Crippen LogP contribution in [0.4, 0.5) is 0 Å². The fourth-order valence-corrected chi connectivity index (χ4v) is 3.87. The van der Waals surface area contributed by atoms with Crippen LogP contribution in [0.1, 0.15) is 33.6 Å². The molecule has 0 N–H and O–H groups in total. The number of ketones is 1. The molecule has 26 heavy (non-hydrogen) atoms. The van der Waals surface area contributed by atoms with E-state index >= 15 is 0 Å². The molecule has 0 bridgehead atoms. The number of hydrogen-bond acceptors (Lipinski definition) is 6. The molecule has 0 aromatic carbocycles. The van der Waals surface area contributed by atoms with E-state index in [1.807, 2.05) is 6.08 Å². The Morgan fingerprint density at radius 3 is 2.81 bits per heavy atom. The van der Waals surface area contributed by atoms with E-state index in [4.69, 9.17) is 9.47 Å². The average molecular weight is 359 g/mol. The fourth-order valence-electron chi connectivity index (χ4n) is 3.87. The summed E-state index contributed by atoms with van der Waals surface area (Å²) in [4.78, 5) is 39.9. The van der Waals surface area contributed by atoms with E-state index in [-0.39, 0.29) is 31.0 Å². The SMILES string of the molecule is C=C1C/C(=C/C)C(=O)O[C@@H]2CCN3CC=C(COC(=O)[C@]1(C)C(C)=O)[C@H]23. The van der Waals surface area contributed by atoms with Gasteiger partial charge in [0.25, 0.3) is 0 Å². The number of rotatable bonds is 1. The van der Waals surface area contributed by atoms with Crippen LogP contribution >= 0.6 is 0 Å². The maximum absolute atomic E-state index is 12.8. The molecule has 0 saturated carbocycles. The molecule has 0 amide bonds. The van der Waals surface area contributed by atoms with Gasteiger partial charge in [-0.2, -0.15) is 0 Å². The zero-order valence-electron chi connectivity index (χ0n) is 15.5. The zero-order valence-corrected chi connectivity index (χ0v) is 15.5. The Labute approximate surface area is 153 Å². The van der Waals surface area contributed by atoms with Gasteiger partial charge in [-0.15, -0.1) is 0 Å². The maximum atomic E-state index is 12.8. The number of nitrogens with zero attached hydrogens (tertiary/aromatic N) is 1. The van der Waals surface area contributed by atoms with Gasteiger partial charge in [-0.1, -0.05) is 18.7 Å². The number of hydrogen-bond donors (Lipinski definition) is 0. The number of esters is 2. The van der Waals surface area contributed by atoms with Gasteiger partial charge in [0.2, 0.25) is 0 Å². The smallest absolute Gasteiger partial charge is 0.334 e. The van der Waals surface area contributed by atoms with Crippen LogP contribution in [0.25, 0.3) is 0 Å². The number of carbonyl (C=O) groups excluding carboxylic acids is 3. The lowest BCUT2D eigenvalue weighted by Gasteiger charge is -2.30. The molecule has 3 heterocycles. The van der Waals surface area contributed by atoms with Crippen molar-refractivity contribution in [1.29, 1.82) is 0 Å². The van der Waals surface area contributed by atoms with Gasteiger partial charge >= 0.3 is 11.9 Å². The molecular formula is C20H25NO5. The molecule has 0 aromatic rings. The Morgan fingerprint density at radius 2 is 2.15 bits per heavy atom. The highest BCUT2D eigenvalue weighted by atomic mass is 16.5. The standard InChI is InChI=1S/C20H25NO5/c1-5-14-10-12(2)20(4,13(3)22)19(24)25-11-15-6-8-21-9-7-16(17(15)21)26-18(14)23/h5-6,16-17H,2,7-11H2,1,3-4H3/b14-5-/t16-,17-,20+/m1/s1. The third kappa shape index (κ3) is 2.92. The van der Waals surface area contributed by atoms with Crippen molar-refractivity contribution in [2.45, 2.75) is 45.8 Å². The first-order valence-corrected chi connectivity index (χ1v) is 8.94. The van der Waals surface area contributed by atoms with E-state index in [0.717, 1.165) is 25.1 Å². The monoisotopic (exact) mass is 359 g/mol. The van der Waals surface area contributed by atoms with Crippen molar-refractivity contribution in [3.8, 4) is 0 Å². The van der Waals surface area contributed by atoms with Crippen LogP contribution in [0.5, 0.6) is 0 Å². The number of Topliss-reactive ketones (excluding diaryl/α,β-unsaturated/α-hetero) is 1. The van der Waals surface area contributed by atoms with Gasteiger partial charge < -0.3 is 9.47 Å². The zero-order chi connectivity index (χ0) is 19.1. The van der Waals surface area contributed by atoms with Crippen molar-refractivity contribution in [2.75, 3.05) is 19.7 Å². The normalized spacial score (nSPS) is 34.5. The predicted molar refractivity (Wildman–Crippen MR) is 95.2 cm³/mol. The number of allylic oxidation sites excluding steroid dienone is 1. The van der Waals surface area contributed by atoms with Crippen molar-refractivity contribution in [1.82, 2.24) is 4.90 Å². The second kappa shape index (κ2) is 6.83. The minimum atomic E-state index is -1.48. The summed E-state index contributed by atoms with van der Waals surface area (Å²) in [5, 5.41) is 0. The van der Waals surface area contributed by atoms with Gasteiger partial charge in [-0.3, -0.25) is 14.5 Å². The summed E-state index contributed by atoms with van der Waals surface area (Å²) < 4.78 is 11.3. The second-order valence-electron chi connectivity index (χ2n) is 7.30. The topological polar surface area (TPSA) is 72.9 Å².